The fraction of sp³-hybridized carbons (Fsp3) is 0.600. The van der Waals surface area contributed by atoms with Crippen molar-refractivity contribution in [2.24, 2.45) is 5.92 Å². The predicted molar refractivity (Wildman–Crippen MR) is 50.6 cm³/mol. The Morgan fingerprint density at radius 3 is 3.17 bits per heavy atom. The molecule has 0 fully saturated rings. The van der Waals surface area contributed by atoms with Gasteiger partial charge < -0.3 is 0 Å². The van der Waals surface area contributed by atoms with Gasteiger partial charge in [0.1, 0.15) is 0 Å². The minimum atomic E-state index is 0.332. The molecule has 64 valence electrons. The second kappa shape index (κ2) is 3.53. The third-order valence-electron chi connectivity index (χ3n) is 2.79. The number of allylic oxidation sites excluding steroid dienone is 4. The van der Waals surface area contributed by atoms with E-state index < -0.39 is 0 Å². The van der Waals surface area contributed by atoms with Gasteiger partial charge >= 0.3 is 0 Å². The Labute approximate surface area is 74.8 Å². The molecule has 0 aromatic carbocycles. The topological polar surface area (TPSA) is 17.1 Å². The van der Waals surface area contributed by atoms with Crippen molar-refractivity contribution < 1.29 is 4.57 Å². The Balaban J connectivity index is 2.24. The van der Waals surface area contributed by atoms with E-state index in [1.165, 1.54) is 18.4 Å². The van der Waals surface area contributed by atoms with Crippen molar-refractivity contribution in [2.45, 2.75) is 31.3 Å². The molecule has 0 spiro atoms. The summed E-state index contributed by atoms with van der Waals surface area (Å²) in [7, 11) is 0.332. The van der Waals surface area contributed by atoms with E-state index in [1.807, 2.05) is 0 Å². The standard InChI is InChI=1S/C10H13OP/c11-12-10-7-3-5-8-4-1-2-6-9(8)10/h2,5-6,9-10H,1,3-4,7H2. The quantitative estimate of drug-likeness (QED) is 0.446. The molecule has 12 heavy (non-hydrogen) atoms. The van der Waals surface area contributed by atoms with Crippen LogP contribution in [0.15, 0.2) is 23.8 Å². The Hall–Kier alpha value is -0.420. The minimum absolute atomic E-state index is 0.332. The van der Waals surface area contributed by atoms with E-state index in [1.54, 1.807) is 0 Å². The van der Waals surface area contributed by atoms with Gasteiger partial charge in [-0.05, 0) is 25.7 Å². The van der Waals surface area contributed by atoms with Gasteiger partial charge in [0.05, 0.1) is 0 Å². The summed E-state index contributed by atoms with van der Waals surface area (Å²) in [6.45, 7) is 0. The molecule has 0 aliphatic heterocycles. The van der Waals surface area contributed by atoms with Crippen molar-refractivity contribution in [1.29, 1.82) is 0 Å². The van der Waals surface area contributed by atoms with E-state index in [0.717, 1.165) is 12.8 Å². The molecule has 0 aromatic rings. The van der Waals surface area contributed by atoms with Crippen LogP contribution >= 0.6 is 8.46 Å². The molecule has 0 saturated heterocycles. The Bertz CT molecular complexity index is 242. The number of hydrogen-bond donors (Lipinski definition) is 0. The van der Waals surface area contributed by atoms with Crippen LogP contribution < -0.4 is 0 Å². The first-order valence-electron chi connectivity index (χ1n) is 4.60. The molecule has 2 unspecified atom stereocenters. The van der Waals surface area contributed by atoms with E-state index in [4.69, 9.17) is 0 Å². The van der Waals surface area contributed by atoms with Crippen LogP contribution in [-0.2, 0) is 4.57 Å². The smallest absolute Gasteiger partial charge is 0.159 e. The molecular weight excluding hydrogens is 167 g/mol. The molecular formula is C10H13OP. The molecule has 0 heterocycles. The monoisotopic (exact) mass is 180 g/mol. The highest BCUT2D eigenvalue weighted by Crippen LogP contribution is 2.38. The van der Waals surface area contributed by atoms with Gasteiger partial charge in [0, 0.05) is 11.6 Å². The maximum absolute atomic E-state index is 10.9. The van der Waals surface area contributed by atoms with Crippen LogP contribution in [-0.4, -0.2) is 5.66 Å². The van der Waals surface area contributed by atoms with Crippen LogP contribution in [0.4, 0.5) is 0 Å². The first-order valence-corrected chi connectivity index (χ1v) is 5.48. The molecule has 2 aliphatic carbocycles. The summed E-state index contributed by atoms with van der Waals surface area (Å²) >= 11 is 0. The van der Waals surface area contributed by atoms with Gasteiger partial charge in [0.2, 0.25) is 0 Å². The molecule has 0 aromatic heterocycles. The molecule has 0 radical (unpaired) electrons. The number of rotatable bonds is 1. The summed E-state index contributed by atoms with van der Waals surface area (Å²) in [5.74, 6) is 0.492. The average Bonchev–Trinajstić information content (AvgIpc) is 2.17. The van der Waals surface area contributed by atoms with Crippen molar-refractivity contribution in [3.63, 3.8) is 0 Å². The zero-order valence-electron chi connectivity index (χ0n) is 7.07. The maximum Gasteiger partial charge on any atom is 0.159 e. The predicted octanol–water partition coefficient (Wildman–Crippen LogP) is 3.33. The highest BCUT2D eigenvalue weighted by molar-refractivity contribution is 7.24. The highest BCUT2D eigenvalue weighted by Gasteiger charge is 2.27. The second-order valence-corrected chi connectivity index (χ2v) is 4.40. The zero-order chi connectivity index (χ0) is 8.39. The fourth-order valence-electron chi connectivity index (χ4n) is 2.13. The Kier molecular flexibility index (Phi) is 2.41. The summed E-state index contributed by atoms with van der Waals surface area (Å²) in [4.78, 5) is 0. The molecule has 0 saturated carbocycles. The summed E-state index contributed by atoms with van der Waals surface area (Å²) in [5, 5.41) is 0. The molecule has 2 atom stereocenters. The first kappa shape index (κ1) is 8.19. The summed E-state index contributed by atoms with van der Waals surface area (Å²) < 4.78 is 10.9. The molecule has 0 amide bonds. The van der Waals surface area contributed by atoms with Gasteiger partial charge in [0.25, 0.3) is 0 Å². The largest absolute Gasteiger partial charge is 0.275 e. The third kappa shape index (κ3) is 1.38. The lowest BCUT2D eigenvalue weighted by molar-refractivity contribution is 0.538. The van der Waals surface area contributed by atoms with Gasteiger partial charge in [-0.3, -0.25) is 4.57 Å². The van der Waals surface area contributed by atoms with Gasteiger partial charge in [0.15, 0.2) is 8.46 Å². The lowest BCUT2D eigenvalue weighted by Crippen LogP contribution is -2.20. The zero-order valence-corrected chi connectivity index (χ0v) is 7.97. The van der Waals surface area contributed by atoms with Gasteiger partial charge in [-0.15, -0.1) is 0 Å². The highest BCUT2D eigenvalue weighted by atomic mass is 31.1. The number of hydrogen-bond acceptors (Lipinski definition) is 1. The van der Waals surface area contributed by atoms with Crippen molar-refractivity contribution in [2.75, 3.05) is 0 Å². The van der Waals surface area contributed by atoms with E-state index >= 15 is 0 Å². The molecule has 0 N–H and O–H groups in total. The van der Waals surface area contributed by atoms with Crippen LogP contribution in [0.1, 0.15) is 25.7 Å². The molecule has 2 rings (SSSR count). The third-order valence-corrected chi connectivity index (χ3v) is 3.64. The summed E-state index contributed by atoms with van der Waals surface area (Å²) in [6, 6.07) is 0. The van der Waals surface area contributed by atoms with Crippen LogP contribution in [0.5, 0.6) is 0 Å². The van der Waals surface area contributed by atoms with Crippen LogP contribution in [0.25, 0.3) is 0 Å². The van der Waals surface area contributed by atoms with E-state index in [-0.39, 0.29) is 0 Å². The first-order chi connectivity index (χ1) is 5.92. The Morgan fingerprint density at radius 1 is 1.42 bits per heavy atom. The van der Waals surface area contributed by atoms with Gasteiger partial charge in [-0.2, -0.15) is 0 Å². The van der Waals surface area contributed by atoms with E-state index in [2.05, 4.69) is 18.2 Å². The summed E-state index contributed by atoms with van der Waals surface area (Å²) in [6.07, 6.45) is 11.4. The van der Waals surface area contributed by atoms with Crippen LogP contribution in [0.2, 0.25) is 0 Å². The van der Waals surface area contributed by atoms with Crippen molar-refractivity contribution in [3.05, 3.63) is 23.8 Å². The Morgan fingerprint density at radius 2 is 2.33 bits per heavy atom. The summed E-state index contributed by atoms with van der Waals surface area (Å²) in [5.41, 5.74) is 1.89. The molecule has 0 bridgehead atoms. The normalized spacial score (nSPS) is 34.5. The number of fused-ring (bicyclic) bond motifs is 1. The van der Waals surface area contributed by atoms with Gasteiger partial charge in [-0.1, -0.05) is 23.8 Å². The minimum Gasteiger partial charge on any atom is -0.275 e. The molecule has 1 nitrogen and oxygen atoms in total. The van der Waals surface area contributed by atoms with E-state index in [9.17, 15) is 4.57 Å². The molecule has 2 aliphatic rings. The van der Waals surface area contributed by atoms with Crippen LogP contribution in [0.3, 0.4) is 0 Å². The average molecular weight is 180 g/mol. The fourth-order valence-corrected chi connectivity index (χ4v) is 2.81. The van der Waals surface area contributed by atoms with Crippen molar-refractivity contribution in [1.82, 2.24) is 0 Å². The second-order valence-electron chi connectivity index (χ2n) is 3.52. The van der Waals surface area contributed by atoms with Crippen molar-refractivity contribution in [3.8, 4) is 0 Å². The van der Waals surface area contributed by atoms with Crippen LogP contribution in [0, 0.1) is 5.92 Å². The lowest BCUT2D eigenvalue weighted by Gasteiger charge is -2.28. The van der Waals surface area contributed by atoms with E-state index in [0.29, 0.717) is 20.0 Å². The molecule has 2 heteroatoms. The van der Waals surface area contributed by atoms with Gasteiger partial charge in [-0.25, -0.2) is 0 Å². The SMILES string of the molecule is O=PC1CCC=C2CCC=CC21. The maximum atomic E-state index is 10.9. The van der Waals surface area contributed by atoms with Crippen molar-refractivity contribution >= 4 is 8.46 Å². The lowest BCUT2D eigenvalue weighted by atomic mass is 9.81.